The number of aryl methyl sites for hydroxylation is 2. The van der Waals surface area contributed by atoms with E-state index in [1.165, 1.54) is 186 Å². The first kappa shape index (κ1) is 44.2. The molecule has 0 N–H and O–H groups in total. The molecule has 314 valence electrons. The molecule has 0 saturated heterocycles. The largest absolute Gasteiger partial charge is 0.341 e. The molecule has 0 aromatic heterocycles. The number of nitrogens with zero attached hydrogens (tertiary/aromatic N) is 2. The Kier molecular flexibility index (Phi) is 17.9. The van der Waals surface area contributed by atoms with E-state index in [0.717, 1.165) is 32.4 Å². The highest BCUT2D eigenvalue weighted by Gasteiger charge is 2.42. The van der Waals surface area contributed by atoms with Crippen LogP contribution < -0.4 is 4.90 Å². The molecule has 0 radical (unpaired) electrons. The van der Waals surface area contributed by atoms with Gasteiger partial charge in [-0.3, -0.25) is 0 Å². The smallest absolute Gasteiger partial charge is 0.0443 e. The molecule has 0 unspecified atom stereocenters. The van der Waals surface area contributed by atoms with Gasteiger partial charge in [0.2, 0.25) is 0 Å². The molecule has 2 aliphatic rings. The van der Waals surface area contributed by atoms with E-state index in [4.69, 9.17) is 0 Å². The van der Waals surface area contributed by atoms with Crippen LogP contribution in [-0.4, -0.2) is 32.1 Å². The van der Waals surface area contributed by atoms with E-state index in [9.17, 15) is 0 Å². The zero-order valence-corrected chi connectivity index (χ0v) is 37.6. The summed E-state index contributed by atoms with van der Waals surface area (Å²) in [6, 6.07) is 33.7. The van der Waals surface area contributed by atoms with Crippen LogP contribution in [0.5, 0.6) is 0 Å². The van der Waals surface area contributed by atoms with Gasteiger partial charge in [0.1, 0.15) is 0 Å². The molecule has 2 nitrogen and oxygen atoms in total. The van der Waals surface area contributed by atoms with Gasteiger partial charge >= 0.3 is 0 Å². The molecule has 4 aromatic rings. The highest BCUT2D eigenvalue weighted by molar-refractivity contribution is 5.84. The minimum absolute atomic E-state index is 0.110. The van der Waals surface area contributed by atoms with Gasteiger partial charge in [0.25, 0.3) is 0 Å². The molecule has 1 aliphatic heterocycles. The molecule has 0 bridgehead atoms. The van der Waals surface area contributed by atoms with Gasteiger partial charge in [-0.15, -0.1) is 0 Å². The third-order valence-electron chi connectivity index (χ3n) is 13.8. The van der Waals surface area contributed by atoms with Crippen molar-refractivity contribution in [2.24, 2.45) is 0 Å². The summed E-state index contributed by atoms with van der Waals surface area (Å²) in [6.45, 7) is 6.78. The minimum Gasteiger partial charge on any atom is -0.341 e. The summed E-state index contributed by atoms with van der Waals surface area (Å²) in [7, 11) is 4.38. The Balaban J connectivity index is 1.23. The van der Waals surface area contributed by atoms with Crippen LogP contribution >= 0.6 is 0 Å². The Hall–Kier alpha value is -3.36. The quantitative estimate of drug-likeness (QED) is 0.0556. The van der Waals surface area contributed by atoms with Crippen LogP contribution in [0.15, 0.2) is 84.9 Å². The first-order valence-corrected chi connectivity index (χ1v) is 24.4. The molecule has 2 heteroatoms. The SMILES string of the molecule is CCCCCCCCCCCCC1(CCCCCCCCCCCC)c2ccccc2-c2ccc(-c3ccc4c(c3)CCc3ccccc3N4CCCN(C)C)cc21. The maximum absolute atomic E-state index is 2.66. The van der Waals surface area contributed by atoms with Gasteiger partial charge in [-0.25, -0.2) is 0 Å². The van der Waals surface area contributed by atoms with Gasteiger partial charge in [0, 0.05) is 23.3 Å². The van der Waals surface area contributed by atoms with E-state index < -0.39 is 0 Å². The highest BCUT2D eigenvalue weighted by atomic mass is 15.1. The van der Waals surface area contributed by atoms with E-state index in [-0.39, 0.29) is 5.41 Å². The van der Waals surface area contributed by atoms with Crippen LogP contribution in [0.4, 0.5) is 11.4 Å². The first-order chi connectivity index (χ1) is 28.6. The van der Waals surface area contributed by atoms with Crippen molar-refractivity contribution in [3.05, 3.63) is 107 Å². The number of unbranched alkanes of at least 4 members (excludes halogenated alkanes) is 18. The molecule has 0 spiro atoms. The standard InChI is InChI=1S/C56H80N2/c1-5-7-9-11-13-15-17-19-21-27-40-56(41-28-22-20-18-16-14-12-10-8-6-2)52-32-25-24-31-50(52)51-38-36-48(45-53(51)56)47-37-39-55-49(44-47)35-34-46-30-23-26-33-54(46)58(55)43-29-42-57(3)4/h23-26,30-33,36-39,44-45H,5-22,27-29,34-35,40-43H2,1-4H3. The van der Waals surface area contributed by atoms with Gasteiger partial charge in [0.15, 0.2) is 0 Å². The van der Waals surface area contributed by atoms with E-state index in [1.54, 1.807) is 11.1 Å². The lowest BCUT2D eigenvalue weighted by molar-refractivity contribution is 0.397. The lowest BCUT2D eigenvalue weighted by Gasteiger charge is -2.33. The second-order valence-electron chi connectivity index (χ2n) is 18.5. The fraction of sp³-hybridized carbons (Fsp3) is 0.571. The van der Waals surface area contributed by atoms with Gasteiger partial charge < -0.3 is 9.80 Å². The number of benzene rings is 4. The van der Waals surface area contributed by atoms with Crippen LogP contribution in [0, 0.1) is 0 Å². The van der Waals surface area contributed by atoms with Crippen molar-refractivity contribution in [3.8, 4) is 22.3 Å². The van der Waals surface area contributed by atoms with E-state index in [1.807, 2.05) is 0 Å². The number of rotatable bonds is 27. The van der Waals surface area contributed by atoms with Crippen molar-refractivity contribution in [1.82, 2.24) is 4.90 Å². The number of hydrogen-bond acceptors (Lipinski definition) is 2. The van der Waals surface area contributed by atoms with Gasteiger partial charge in [-0.1, -0.05) is 203 Å². The lowest BCUT2D eigenvalue weighted by Crippen LogP contribution is -2.25. The first-order valence-electron chi connectivity index (χ1n) is 24.4. The van der Waals surface area contributed by atoms with E-state index in [2.05, 4.69) is 123 Å². The fourth-order valence-electron chi connectivity index (χ4n) is 10.5. The van der Waals surface area contributed by atoms with Crippen molar-refractivity contribution in [3.63, 3.8) is 0 Å². The Morgan fingerprint density at radius 3 is 1.60 bits per heavy atom. The average Bonchev–Trinajstić information content (AvgIpc) is 3.41. The summed E-state index contributed by atoms with van der Waals surface area (Å²) >= 11 is 0. The second kappa shape index (κ2) is 23.4. The fourth-order valence-corrected chi connectivity index (χ4v) is 10.5. The maximum atomic E-state index is 2.66. The molecular weight excluding hydrogens is 701 g/mol. The maximum Gasteiger partial charge on any atom is 0.0443 e. The zero-order chi connectivity index (χ0) is 40.4. The second-order valence-corrected chi connectivity index (χ2v) is 18.5. The average molecular weight is 781 g/mol. The molecule has 1 aliphatic carbocycles. The molecule has 4 aromatic carbocycles. The topological polar surface area (TPSA) is 6.48 Å². The summed E-state index contributed by atoms with van der Waals surface area (Å²) in [5, 5.41) is 0. The number of fused-ring (bicyclic) bond motifs is 5. The monoisotopic (exact) mass is 781 g/mol. The molecule has 0 atom stereocenters. The zero-order valence-electron chi connectivity index (χ0n) is 37.6. The predicted octanol–water partition coefficient (Wildman–Crippen LogP) is 16.4. The Morgan fingerprint density at radius 1 is 0.466 bits per heavy atom. The molecule has 0 fully saturated rings. The van der Waals surface area contributed by atoms with Crippen molar-refractivity contribution in [2.75, 3.05) is 32.1 Å². The van der Waals surface area contributed by atoms with Crippen molar-refractivity contribution >= 4 is 11.4 Å². The van der Waals surface area contributed by atoms with Crippen molar-refractivity contribution in [1.29, 1.82) is 0 Å². The minimum atomic E-state index is 0.110. The molecule has 58 heavy (non-hydrogen) atoms. The highest BCUT2D eigenvalue weighted by Crippen LogP contribution is 2.55. The van der Waals surface area contributed by atoms with Crippen LogP contribution in [0.25, 0.3) is 22.3 Å². The van der Waals surface area contributed by atoms with Crippen molar-refractivity contribution < 1.29 is 0 Å². The summed E-state index contributed by atoms with van der Waals surface area (Å²) in [5.74, 6) is 0. The Labute approximate surface area is 356 Å². The predicted molar refractivity (Wildman–Crippen MR) is 255 cm³/mol. The Morgan fingerprint density at radius 2 is 0.966 bits per heavy atom. The normalized spacial score (nSPS) is 14.0. The van der Waals surface area contributed by atoms with Crippen LogP contribution in [0.1, 0.15) is 184 Å². The molecule has 1 heterocycles. The van der Waals surface area contributed by atoms with Crippen molar-refractivity contribution in [2.45, 2.75) is 180 Å². The van der Waals surface area contributed by atoms with Gasteiger partial charge in [-0.2, -0.15) is 0 Å². The molecule has 0 saturated carbocycles. The third kappa shape index (κ3) is 11.7. The van der Waals surface area contributed by atoms with Crippen LogP contribution in [0.3, 0.4) is 0 Å². The number of para-hydroxylation sites is 1. The summed E-state index contributed by atoms with van der Waals surface area (Å²) in [4.78, 5) is 4.93. The molecule has 0 amide bonds. The third-order valence-corrected chi connectivity index (χ3v) is 13.8. The van der Waals surface area contributed by atoms with Gasteiger partial charge in [-0.05, 0) is 122 Å². The number of anilines is 2. The molecular formula is C56H80N2. The number of hydrogen-bond donors (Lipinski definition) is 0. The van der Waals surface area contributed by atoms with Crippen LogP contribution in [-0.2, 0) is 18.3 Å². The molecule has 6 rings (SSSR count). The summed E-state index contributed by atoms with van der Waals surface area (Å²) in [6.07, 6.45) is 33.8. The van der Waals surface area contributed by atoms with Gasteiger partial charge in [0.05, 0.1) is 0 Å². The van der Waals surface area contributed by atoms with E-state index in [0.29, 0.717) is 0 Å². The summed E-state index contributed by atoms with van der Waals surface area (Å²) < 4.78 is 0. The van der Waals surface area contributed by atoms with E-state index >= 15 is 0 Å². The van der Waals surface area contributed by atoms with Crippen LogP contribution in [0.2, 0.25) is 0 Å². The summed E-state index contributed by atoms with van der Waals surface area (Å²) in [5.41, 5.74) is 14.9. The Bertz CT molecular complexity index is 1780. The lowest BCUT2D eigenvalue weighted by atomic mass is 9.70.